The SMILES string of the molecule is C=CCn1ncc(CN2CCN(CCOC)CC2)c1C. The van der Waals surface area contributed by atoms with Gasteiger partial charge in [0.25, 0.3) is 0 Å². The van der Waals surface area contributed by atoms with Crippen molar-refractivity contribution in [3.05, 3.63) is 30.1 Å². The Bertz CT molecular complexity index is 422. The molecule has 1 aliphatic rings. The van der Waals surface area contributed by atoms with Crippen LogP contribution in [0.1, 0.15) is 11.3 Å². The van der Waals surface area contributed by atoms with Crippen LogP contribution in [0.25, 0.3) is 0 Å². The molecular formula is C15H26N4O. The van der Waals surface area contributed by atoms with Crippen LogP contribution in [0, 0.1) is 6.92 Å². The number of methoxy groups -OCH3 is 1. The topological polar surface area (TPSA) is 33.5 Å². The fourth-order valence-electron chi connectivity index (χ4n) is 2.58. The first-order valence-corrected chi connectivity index (χ1v) is 7.30. The molecule has 0 bridgehead atoms. The van der Waals surface area contributed by atoms with Crippen LogP contribution in [0.4, 0.5) is 0 Å². The highest BCUT2D eigenvalue weighted by Crippen LogP contribution is 2.12. The van der Waals surface area contributed by atoms with Crippen molar-refractivity contribution in [3.8, 4) is 0 Å². The summed E-state index contributed by atoms with van der Waals surface area (Å²) in [6, 6.07) is 0. The van der Waals surface area contributed by atoms with Gasteiger partial charge in [-0.3, -0.25) is 14.5 Å². The Morgan fingerprint density at radius 2 is 2.00 bits per heavy atom. The van der Waals surface area contributed by atoms with Crippen LogP contribution in [0.15, 0.2) is 18.9 Å². The van der Waals surface area contributed by atoms with Crippen LogP contribution in [-0.4, -0.2) is 66.0 Å². The number of rotatable bonds is 7. The molecule has 5 heteroatoms. The van der Waals surface area contributed by atoms with E-state index in [2.05, 4.69) is 28.4 Å². The number of aromatic nitrogens is 2. The van der Waals surface area contributed by atoms with E-state index >= 15 is 0 Å². The fraction of sp³-hybridized carbons (Fsp3) is 0.667. The minimum absolute atomic E-state index is 0.788. The van der Waals surface area contributed by atoms with Gasteiger partial charge in [-0.1, -0.05) is 6.08 Å². The van der Waals surface area contributed by atoms with Gasteiger partial charge in [-0.2, -0.15) is 5.10 Å². The lowest BCUT2D eigenvalue weighted by molar-refractivity contribution is 0.0937. The summed E-state index contributed by atoms with van der Waals surface area (Å²) in [5.74, 6) is 0. The lowest BCUT2D eigenvalue weighted by Gasteiger charge is -2.34. The van der Waals surface area contributed by atoms with Gasteiger partial charge in [-0.05, 0) is 6.92 Å². The lowest BCUT2D eigenvalue weighted by Crippen LogP contribution is -2.46. The molecule has 112 valence electrons. The molecule has 2 heterocycles. The minimum atomic E-state index is 0.788. The molecule has 0 saturated carbocycles. The fourth-order valence-corrected chi connectivity index (χ4v) is 2.58. The second-order valence-electron chi connectivity index (χ2n) is 5.34. The summed E-state index contributed by atoms with van der Waals surface area (Å²) in [5.41, 5.74) is 2.59. The van der Waals surface area contributed by atoms with E-state index < -0.39 is 0 Å². The van der Waals surface area contributed by atoms with Crippen molar-refractivity contribution < 1.29 is 4.74 Å². The van der Waals surface area contributed by atoms with Crippen LogP contribution < -0.4 is 0 Å². The molecule has 1 aromatic heterocycles. The number of allylic oxidation sites excluding steroid dienone is 1. The molecule has 0 amide bonds. The standard InChI is InChI=1S/C15H26N4O/c1-4-5-19-14(2)15(12-16-19)13-18-8-6-17(7-9-18)10-11-20-3/h4,12H,1,5-11,13H2,2-3H3. The van der Waals surface area contributed by atoms with Crippen molar-refractivity contribution in [3.63, 3.8) is 0 Å². The molecule has 5 nitrogen and oxygen atoms in total. The molecule has 0 aromatic carbocycles. The van der Waals surface area contributed by atoms with E-state index in [1.807, 2.05) is 17.0 Å². The van der Waals surface area contributed by atoms with Crippen LogP contribution in [0.2, 0.25) is 0 Å². The summed E-state index contributed by atoms with van der Waals surface area (Å²) >= 11 is 0. The predicted octanol–water partition coefficient (Wildman–Crippen LogP) is 1.14. The van der Waals surface area contributed by atoms with E-state index in [1.54, 1.807) is 7.11 Å². The predicted molar refractivity (Wildman–Crippen MR) is 80.8 cm³/mol. The highest BCUT2D eigenvalue weighted by Gasteiger charge is 2.18. The zero-order valence-electron chi connectivity index (χ0n) is 12.7. The molecule has 0 spiro atoms. The maximum atomic E-state index is 5.13. The molecular weight excluding hydrogens is 252 g/mol. The number of hydrogen-bond donors (Lipinski definition) is 0. The third-order valence-electron chi connectivity index (χ3n) is 3.98. The third kappa shape index (κ3) is 3.91. The van der Waals surface area contributed by atoms with E-state index in [-0.39, 0.29) is 0 Å². The molecule has 0 N–H and O–H groups in total. The Labute approximate surface area is 121 Å². The zero-order chi connectivity index (χ0) is 14.4. The van der Waals surface area contributed by atoms with Crippen LogP contribution in [0.5, 0.6) is 0 Å². The normalized spacial score (nSPS) is 17.5. The molecule has 1 fully saturated rings. The summed E-state index contributed by atoms with van der Waals surface area (Å²) in [5, 5.41) is 4.42. The van der Waals surface area contributed by atoms with Gasteiger partial charge < -0.3 is 4.74 Å². The monoisotopic (exact) mass is 278 g/mol. The van der Waals surface area contributed by atoms with E-state index in [0.29, 0.717) is 0 Å². The molecule has 1 aromatic rings. The molecule has 1 saturated heterocycles. The molecule has 20 heavy (non-hydrogen) atoms. The number of hydrogen-bond acceptors (Lipinski definition) is 4. The maximum Gasteiger partial charge on any atom is 0.0590 e. The summed E-state index contributed by atoms with van der Waals surface area (Å²) in [6.45, 7) is 14.1. The van der Waals surface area contributed by atoms with Crippen LogP contribution in [-0.2, 0) is 17.8 Å². The summed E-state index contributed by atoms with van der Waals surface area (Å²) in [4.78, 5) is 4.97. The summed E-state index contributed by atoms with van der Waals surface area (Å²) < 4.78 is 7.15. The van der Waals surface area contributed by atoms with Crippen LogP contribution in [0.3, 0.4) is 0 Å². The minimum Gasteiger partial charge on any atom is -0.383 e. The van der Waals surface area contributed by atoms with E-state index in [1.165, 1.54) is 11.3 Å². The number of ether oxygens (including phenoxy) is 1. The zero-order valence-corrected chi connectivity index (χ0v) is 12.7. The van der Waals surface area contributed by atoms with Crippen LogP contribution >= 0.6 is 0 Å². The van der Waals surface area contributed by atoms with Gasteiger partial charge in [0.15, 0.2) is 0 Å². The second-order valence-corrected chi connectivity index (χ2v) is 5.34. The summed E-state index contributed by atoms with van der Waals surface area (Å²) in [6.07, 6.45) is 3.88. The Hall–Kier alpha value is -1.17. The molecule has 0 radical (unpaired) electrons. The molecule has 2 rings (SSSR count). The van der Waals surface area contributed by atoms with Crippen molar-refractivity contribution in [2.24, 2.45) is 0 Å². The Balaban J connectivity index is 1.82. The molecule has 1 aliphatic heterocycles. The Morgan fingerprint density at radius 3 is 2.65 bits per heavy atom. The molecule has 0 atom stereocenters. The van der Waals surface area contributed by atoms with Crippen molar-refractivity contribution in [2.45, 2.75) is 20.0 Å². The second kappa shape index (κ2) is 7.57. The lowest BCUT2D eigenvalue weighted by atomic mass is 10.2. The Kier molecular flexibility index (Phi) is 5.76. The highest BCUT2D eigenvalue weighted by atomic mass is 16.5. The smallest absolute Gasteiger partial charge is 0.0590 e. The Morgan fingerprint density at radius 1 is 1.30 bits per heavy atom. The van der Waals surface area contributed by atoms with Gasteiger partial charge in [0, 0.05) is 57.6 Å². The quantitative estimate of drug-likeness (QED) is 0.701. The van der Waals surface area contributed by atoms with E-state index in [9.17, 15) is 0 Å². The van der Waals surface area contributed by atoms with Crippen molar-refractivity contribution in [1.29, 1.82) is 0 Å². The van der Waals surface area contributed by atoms with E-state index in [0.717, 1.165) is 52.4 Å². The highest BCUT2D eigenvalue weighted by molar-refractivity contribution is 5.16. The van der Waals surface area contributed by atoms with Gasteiger partial charge in [0.1, 0.15) is 0 Å². The first-order valence-electron chi connectivity index (χ1n) is 7.30. The first-order chi connectivity index (χ1) is 9.74. The van der Waals surface area contributed by atoms with Crippen molar-refractivity contribution >= 4 is 0 Å². The van der Waals surface area contributed by atoms with Gasteiger partial charge in [0.05, 0.1) is 19.3 Å². The van der Waals surface area contributed by atoms with Crippen molar-refractivity contribution in [1.82, 2.24) is 19.6 Å². The van der Waals surface area contributed by atoms with Gasteiger partial charge in [-0.25, -0.2) is 0 Å². The molecule has 0 aliphatic carbocycles. The maximum absolute atomic E-state index is 5.13. The van der Waals surface area contributed by atoms with Gasteiger partial charge >= 0.3 is 0 Å². The van der Waals surface area contributed by atoms with E-state index in [4.69, 9.17) is 4.74 Å². The largest absolute Gasteiger partial charge is 0.383 e. The average molecular weight is 278 g/mol. The first kappa shape index (κ1) is 15.2. The number of nitrogens with zero attached hydrogens (tertiary/aromatic N) is 4. The third-order valence-corrected chi connectivity index (χ3v) is 3.98. The average Bonchev–Trinajstić information content (AvgIpc) is 2.80. The summed E-state index contributed by atoms with van der Waals surface area (Å²) in [7, 11) is 1.76. The molecule has 0 unspecified atom stereocenters. The van der Waals surface area contributed by atoms with Gasteiger partial charge in [0.2, 0.25) is 0 Å². The number of piperazine rings is 1. The van der Waals surface area contributed by atoms with Crippen molar-refractivity contribution in [2.75, 3.05) is 46.4 Å². The van der Waals surface area contributed by atoms with Gasteiger partial charge in [-0.15, -0.1) is 6.58 Å².